The van der Waals surface area contributed by atoms with E-state index in [0.717, 1.165) is 6.07 Å². The Morgan fingerprint density at radius 2 is 1.82 bits per heavy atom. The lowest BCUT2D eigenvalue weighted by Crippen LogP contribution is -2.34. The fourth-order valence-corrected chi connectivity index (χ4v) is 1.64. The van der Waals surface area contributed by atoms with Crippen LogP contribution in [0.3, 0.4) is 0 Å². The van der Waals surface area contributed by atoms with Crippen molar-refractivity contribution in [3.05, 3.63) is 29.6 Å². The summed E-state index contributed by atoms with van der Waals surface area (Å²) in [4.78, 5) is 0. The fraction of sp³-hybridized carbons (Fsp3) is 0.538. The Morgan fingerprint density at radius 3 is 2.29 bits per heavy atom. The van der Waals surface area contributed by atoms with Gasteiger partial charge in [-0.05, 0) is 31.4 Å². The number of hydrogen-bond donors (Lipinski definition) is 0. The molecule has 1 aromatic carbocycles. The average Bonchev–Trinajstić information content (AvgIpc) is 2.24. The highest BCUT2D eigenvalue weighted by atomic mass is 19.3. The van der Waals surface area contributed by atoms with Gasteiger partial charge < -0.3 is 4.74 Å². The number of benzene rings is 1. The second kappa shape index (κ2) is 5.43. The highest BCUT2D eigenvalue weighted by Crippen LogP contribution is 2.33. The van der Waals surface area contributed by atoms with Crippen LogP contribution in [0.2, 0.25) is 0 Å². The van der Waals surface area contributed by atoms with Crippen molar-refractivity contribution in [1.29, 1.82) is 0 Å². The highest BCUT2D eigenvalue weighted by Gasteiger charge is 2.39. The smallest absolute Gasteiger partial charge is 0.400 e. The zero-order valence-corrected chi connectivity index (χ0v) is 10.3. The van der Waals surface area contributed by atoms with E-state index in [9.17, 15) is 13.2 Å². The molecule has 0 aliphatic carbocycles. The van der Waals surface area contributed by atoms with E-state index < -0.39 is 17.8 Å². The van der Waals surface area contributed by atoms with Gasteiger partial charge in [0.05, 0.1) is 5.92 Å². The minimum atomic E-state index is -3.26. The molecule has 96 valence electrons. The molecule has 4 heteroatoms. The second-order valence-corrected chi connectivity index (χ2v) is 4.09. The number of rotatable bonds is 5. The van der Waals surface area contributed by atoms with Crippen molar-refractivity contribution in [1.82, 2.24) is 0 Å². The topological polar surface area (TPSA) is 9.23 Å². The molecule has 0 fully saturated rings. The lowest BCUT2D eigenvalue weighted by Gasteiger charge is -2.25. The van der Waals surface area contributed by atoms with Gasteiger partial charge in [-0.1, -0.05) is 19.9 Å². The summed E-state index contributed by atoms with van der Waals surface area (Å²) in [7, 11) is 0. The summed E-state index contributed by atoms with van der Waals surface area (Å²) >= 11 is 0. The second-order valence-electron chi connectivity index (χ2n) is 4.09. The third kappa shape index (κ3) is 3.38. The summed E-state index contributed by atoms with van der Waals surface area (Å²) in [6.07, 6.45) is -2.62. The van der Waals surface area contributed by atoms with Gasteiger partial charge in [0.1, 0.15) is 11.6 Å². The number of aryl methyl sites for hydroxylation is 1. The lowest BCUT2D eigenvalue weighted by molar-refractivity contribution is -0.217. The van der Waals surface area contributed by atoms with E-state index in [0.29, 0.717) is 18.4 Å². The van der Waals surface area contributed by atoms with E-state index in [-0.39, 0.29) is 5.75 Å². The first-order valence-corrected chi connectivity index (χ1v) is 5.73. The molecule has 0 amide bonds. The molecule has 1 nitrogen and oxygen atoms in total. The molecule has 0 N–H and O–H groups in total. The third-order valence-electron chi connectivity index (χ3n) is 2.86. The van der Waals surface area contributed by atoms with E-state index in [4.69, 9.17) is 0 Å². The molecular formula is C13H17F3O. The minimum Gasteiger partial charge on any atom is -0.432 e. The summed E-state index contributed by atoms with van der Waals surface area (Å²) in [6.45, 7) is 4.93. The molecule has 0 aliphatic heterocycles. The number of hydrogen-bond acceptors (Lipinski definition) is 1. The molecule has 1 aromatic rings. The predicted octanol–water partition coefficient (Wildman–Crippen LogP) is 4.54. The average molecular weight is 246 g/mol. The van der Waals surface area contributed by atoms with Crippen LogP contribution in [0.25, 0.3) is 0 Å². The maximum atomic E-state index is 13.7. The molecular weight excluding hydrogens is 229 g/mol. The summed E-state index contributed by atoms with van der Waals surface area (Å²) in [5.41, 5.74) is 0.406. The van der Waals surface area contributed by atoms with Gasteiger partial charge in [0.15, 0.2) is 0 Å². The Hall–Kier alpha value is -1.19. The molecule has 0 radical (unpaired) electrons. The summed E-state index contributed by atoms with van der Waals surface area (Å²) in [6, 6.07) is 3.77. The van der Waals surface area contributed by atoms with Crippen molar-refractivity contribution in [2.24, 2.45) is 5.92 Å². The molecule has 0 saturated heterocycles. The number of ether oxygens (including phenoxy) is 1. The quantitative estimate of drug-likeness (QED) is 0.741. The standard InChI is InChI=1S/C13H17F3O/c1-4-10(5-2)13(15,16)17-11-7-6-9(3)12(14)8-11/h6-8,10H,4-5H2,1-3H3. The van der Waals surface area contributed by atoms with Gasteiger partial charge >= 0.3 is 6.11 Å². The summed E-state index contributed by atoms with van der Waals surface area (Å²) in [5.74, 6) is -1.53. The van der Waals surface area contributed by atoms with Crippen LogP contribution in [0.4, 0.5) is 13.2 Å². The van der Waals surface area contributed by atoms with Crippen LogP contribution in [-0.2, 0) is 0 Å². The van der Waals surface area contributed by atoms with Crippen LogP contribution >= 0.6 is 0 Å². The third-order valence-corrected chi connectivity index (χ3v) is 2.86. The van der Waals surface area contributed by atoms with Crippen LogP contribution in [0.15, 0.2) is 18.2 Å². The molecule has 0 spiro atoms. The van der Waals surface area contributed by atoms with E-state index in [1.165, 1.54) is 12.1 Å². The first-order chi connectivity index (χ1) is 7.90. The Labute approximate surface area is 99.6 Å². The molecule has 0 aliphatic rings. The van der Waals surface area contributed by atoms with Crippen LogP contribution < -0.4 is 4.74 Å². The van der Waals surface area contributed by atoms with Crippen molar-refractivity contribution in [3.63, 3.8) is 0 Å². The summed E-state index contributed by atoms with van der Waals surface area (Å²) in [5, 5.41) is 0. The molecule has 0 atom stereocenters. The normalized spacial score (nSPS) is 11.9. The molecule has 0 saturated carbocycles. The predicted molar refractivity (Wildman–Crippen MR) is 60.8 cm³/mol. The van der Waals surface area contributed by atoms with Crippen molar-refractivity contribution in [3.8, 4) is 5.75 Å². The Kier molecular flexibility index (Phi) is 4.43. The largest absolute Gasteiger partial charge is 0.432 e. The first-order valence-electron chi connectivity index (χ1n) is 5.73. The SMILES string of the molecule is CCC(CC)C(F)(F)Oc1ccc(C)c(F)c1. The van der Waals surface area contributed by atoms with Crippen molar-refractivity contribution in [2.45, 2.75) is 39.7 Å². The van der Waals surface area contributed by atoms with Gasteiger partial charge in [0.25, 0.3) is 0 Å². The highest BCUT2D eigenvalue weighted by molar-refractivity contribution is 5.28. The first kappa shape index (κ1) is 13.9. The van der Waals surface area contributed by atoms with E-state index >= 15 is 0 Å². The van der Waals surface area contributed by atoms with Crippen LogP contribution in [0, 0.1) is 18.7 Å². The lowest BCUT2D eigenvalue weighted by atomic mass is 10.0. The number of halogens is 3. The van der Waals surface area contributed by atoms with Gasteiger partial charge in [0.2, 0.25) is 0 Å². The number of alkyl halides is 2. The van der Waals surface area contributed by atoms with E-state index in [2.05, 4.69) is 4.74 Å². The summed E-state index contributed by atoms with van der Waals surface area (Å²) < 4.78 is 45.1. The van der Waals surface area contributed by atoms with Crippen molar-refractivity contribution < 1.29 is 17.9 Å². The van der Waals surface area contributed by atoms with Gasteiger partial charge in [0, 0.05) is 6.07 Å². The molecule has 0 bridgehead atoms. The molecule has 17 heavy (non-hydrogen) atoms. The van der Waals surface area contributed by atoms with Gasteiger partial charge in [-0.25, -0.2) is 4.39 Å². The molecule has 0 heterocycles. The van der Waals surface area contributed by atoms with Crippen LogP contribution in [0.1, 0.15) is 32.3 Å². The monoisotopic (exact) mass is 246 g/mol. The molecule has 0 aromatic heterocycles. The van der Waals surface area contributed by atoms with Crippen LogP contribution in [-0.4, -0.2) is 6.11 Å². The maximum absolute atomic E-state index is 13.7. The van der Waals surface area contributed by atoms with Gasteiger partial charge in [-0.3, -0.25) is 0 Å². The minimum absolute atomic E-state index is 0.134. The van der Waals surface area contributed by atoms with Crippen molar-refractivity contribution in [2.75, 3.05) is 0 Å². The van der Waals surface area contributed by atoms with E-state index in [1.807, 2.05) is 0 Å². The fourth-order valence-electron chi connectivity index (χ4n) is 1.64. The Morgan fingerprint density at radius 1 is 1.24 bits per heavy atom. The zero-order chi connectivity index (χ0) is 13.1. The molecule has 1 rings (SSSR count). The van der Waals surface area contributed by atoms with Gasteiger partial charge in [-0.15, -0.1) is 0 Å². The Bertz CT molecular complexity index is 373. The zero-order valence-electron chi connectivity index (χ0n) is 10.3. The van der Waals surface area contributed by atoms with Crippen LogP contribution in [0.5, 0.6) is 5.75 Å². The maximum Gasteiger partial charge on any atom is 0.400 e. The van der Waals surface area contributed by atoms with E-state index in [1.54, 1.807) is 20.8 Å². The Balaban J connectivity index is 2.85. The van der Waals surface area contributed by atoms with Crippen molar-refractivity contribution >= 4 is 0 Å². The molecule has 0 unspecified atom stereocenters. The van der Waals surface area contributed by atoms with Gasteiger partial charge in [-0.2, -0.15) is 8.78 Å².